The number of benzene rings is 1. The van der Waals surface area contributed by atoms with Gasteiger partial charge in [-0.2, -0.15) is 0 Å². The molecule has 1 aromatic carbocycles. The van der Waals surface area contributed by atoms with E-state index in [2.05, 4.69) is 5.32 Å². The Labute approximate surface area is 100 Å². The van der Waals surface area contributed by atoms with Crippen LogP contribution in [0.2, 0.25) is 0 Å². The third-order valence-electron chi connectivity index (χ3n) is 1.61. The van der Waals surface area contributed by atoms with Crippen LogP contribution in [0.4, 0.5) is 10.1 Å². The fourth-order valence-corrected chi connectivity index (χ4v) is 1.62. The van der Waals surface area contributed by atoms with E-state index in [9.17, 15) is 14.0 Å². The molecule has 0 heterocycles. The minimum Gasteiger partial charge on any atom is -0.325 e. The number of anilines is 1. The van der Waals surface area contributed by atoms with Crippen LogP contribution < -0.4 is 5.32 Å². The van der Waals surface area contributed by atoms with Crippen molar-refractivity contribution in [1.29, 1.82) is 0 Å². The molecule has 1 aromatic rings. The summed E-state index contributed by atoms with van der Waals surface area (Å²) in [7, 11) is 0. The first kappa shape index (κ1) is 12.1. The highest BCUT2D eigenvalue weighted by atomic mass is 127. The van der Waals surface area contributed by atoms with Gasteiger partial charge in [0, 0.05) is 3.57 Å². The first-order valence-corrected chi connectivity index (χ1v) is 5.31. The SMILES string of the molecule is CC(=O)CC(=O)Nc1ccc(F)cc1I. The number of Topliss-reactive ketones (excluding diaryl/α,β-unsaturated/α-hetero) is 1. The van der Waals surface area contributed by atoms with Crippen molar-refractivity contribution in [2.75, 3.05) is 5.32 Å². The molecule has 0 aliphatic rings. The number of halogens is 2. The van der Waals surface area contributed by atoms with Gasteiger partial charge in [-0.25, -0.2) is 4.39 Å². The van der Waals surface area contributed by atoms with Crippen LogP contribution in [0.3, 0.4) is 0 Å². The third-order valence-corrected chi connectivity index (χ3v) is 2.51. The molecule has 0 atom stereocenters. The summed E-state index contributed by atoms with van der Waals surface area (Å²) < 4.78 is 13.3. The Bertz CT molecular complexity index is 406. The van der Waals surface area contributed by atoms with E-state index in [0.29, 0.717) is 9.26 Å². The van der Waals surface area contributed by atoms with Crippen molar-refractivity contribution in [3.8, 4) is 0 Å². The maximum absolute atomic E-state index is 12.7. The fourth-order valence-electron chi connectivity index (χ4n) is 1.01. The van der Waals surface area contributed by atoms with Crippen LogP contribution in [0.5, 0.6) is 0 Å². The van der Waals surface area contributed by atoms with Crippen molar-refractivity contribution in [1.82, 2.24) is 0 Å². The van der Waals surface area contributed by atoms with Crippen molar-refractivity contribution in [3.05, 3.63) is 27.6 Å². The number of ketones is 1. The summed E-state index contributed by atoms with van der Waals surface area (Å²) in [6, 6.07) is 4.03. The van der Waals surface area contributed by atoms with E-state index >= 15 is 0 Å². The van der Waals surface area contributed by atoms with E-state index < -0.39 is 0 Å². The Hall–Kier alpha value is -0.980. The summed E-state index contributed by atoms with van der Waals surface area (Å²) in [5.74, 6) is -0.944. The molecular formula is C10H9FINO2. The average Bonchev–Trinajstić information content (AvgIpc) is 2.08. The van der Waals surface area contributed by atoms with Gasteiger partial charge in [-0.1, -0.05) is 0 Å². The zero-order chi connectivity index (χ0) is 11.4. The van der Waals surface area contributed by atoms with Crippen molar-refractivity contribution in [2.45, 2.75) is 13.3 Å². The van der Waals surface area contributed by atoms with E-state index in [0.717, 1.165) is 0 Å². The van der Waals surface area contributed by atoms with Gasteiger partial charge in [0.05, 0.1) is 12.1 Å². The zero-order valence-corrected chi connectivity index (χ0v) is 10.2. The average molecular weight is 321 g/mol. The van der Waals surface area contributed by atoms with Gasteiger partial charge in [-0.3, -0.25) is 9.59 Å². The second-order valence-electron chi connectivity index (χ2n) is 3.05. The standard InChI is InChI=1S/C10H9FINO2/c1-6(14)4-10(15)13-9-3-2-7(11)5-8(9)12/h2-3,5H,4H2,1H3,(H,13,15). The Morgan fingerprint density at radius 2 is 2.13 bits per heavy atom. The smallest absolute Gasteiger partial charge is 0.231 e. The number of nitrogens with one attached hydrogen (secondary N) is 1. The normalized spacial score (nSPS) is 9.80. The van der Waals surface area contributed by atoms with Crippen LogP contribution in [0, 0.1) is 9.39 Å². The van der Waals surface area contributed by atoms with Crippen LogP contribution in [-0.4, -0.2) is 11.7 Å². The molecule has 0 fully saturated rings. The van der Waals surface area contributed by atoms with E-state index in [1.807, 2.05) is 22.6 Å². The van der Waals surface area contributed by atoms with Crippen LogP contribution in [0.25, 0.3) is 0 Å². The highest BCUT2D eigenvalue weighted by Crippen LogP contribution is 2.19. The predicted octanol–water partition coefficient (Wildman–Crippen LogP) is 2.35. The van der Waals surface area contributed by atoms with Gasteiger partial charge >= 0.3 is 0 Å². The van der Waals surface area contributed by atoms with Crippen molar-refractivity contribution >= 4 is 40.0 Å². The van der Waals surface area contributed by atoms with Gasteiger partial charge in [0.2, 0.25) is 5.91 Å². The lowest BCUT2D eigenvalue weighted by Gasteiger charge is -2.05. The maximum atomic E-state index is 12.7. The molecule has 0 spiro atoms. The first-order valence-electron chi connectivity index (χ1n) is 4.23. The highest BCUT2D eigenvalue weighted by molar-refractivity contribution is 14.1. The number of rotatable bonds is 3. The van der Waals surface area contributed by atoms with E-state index in [4.69, 9.17) is 0 Å². The maximum Gasteiger partial charge on any atom is 0.231 e. The number of carbonyl (C=O) groups is 2. The second-order valence-corrected chi connectivity index (χ2v) is 4.21. The summed E-state index contributed by atoms with van der Waals surface area (Å²) in [6.07, 6.45) is -0.159. The van der Waals surface area contributed by atoms with E-state index in [1.165, 1.54) is 25.1 Å². The van der Waals surface area contributed by atoms with Crippen LogP contribution in [0.1, 0.15) is 13.3 Å². The molecule has 1 rings (SSSR count). The molecule has 3 nitrogen and oxygen atoms in total. The van der Waals surface area contributed by atoms with Crippen LogP contribution >= 0.6 is 22.6 Å². The molecule has 0 aromatic heterocycles. The topological polar surface area (TPSA) is 46.2 Å². The molecule has 80 valence electrons. The summed E-state index contributed by atoms with van der Waals surface area (Å²) in [5.41, 5.74) is 0.517. The molecule has 15 heavy (non-hydrogen) atoms. The summed E-state index contributed by atoms with van der Waals surface area (Å²) in [4.78, 5) is 21.9. The molecule has 0 unspecified atom stereocenters. The van der Waals surface area contributed by atoms with Gasteiger partial charge in [0.25, 0.3) is 0 Å². The molecule has 0 radical (unpaired) electrons. The molecule has 0 saturated carbocycles. The molecule has 1 N–H and O–H groups in total. The van der Waals surface area contributed by atoms with Gasteiger partial charge in [0.1, 0.15) is 11.6 Å². The fraction of sp³-hybridized carbons (Fsp3) is 0.200. The molecule has 0 aliphatic heterocycles. The second kappa shape index (κ2) is 5.20. The monoisotopic (exact) mass is 321 g/mol. The molecule has 5 heteroatoms. The zero-order valence-electron chi connectivity index (χ0n) is 8.01. The minimum atomic E-state index is -0.382. The van der Waals surface area contributed by atoms with Crippen LogP contribution in [-0.2, 0) is 9.59 Å². The Morgan fingerprint density at radius 3 is 2.67 bits per heavy atom. The van der Waals surface area contributed by atoms with E-state index in [-0.39, 0.29) is 23.9 Å². The lowest BCUT2D eigenvalue weighted by atomic mass is 10.2. The molecular weight excluding hydrogens is 312 g/mol. The summed E-state index contributed by atoms with van der Waals surface area (Å²) in [5, 5.41) is 2.53. The summed E-state index contributed by atoms with van der Waals surface area (Å²) >= 11 is 1.91. The van der Waals surface area contributed by atoms with Gasteiger partial charge in [0.15, 0.2) is 0 Å². The third kappa shape index (κ3) is 3.94. The quantitative estimate of drug-likeness (QED) is 0.686. The first-order chi connectivity index (χ1) is 6.99. The minimum absolute atomic E-state index is 0.159. The number of carbonyl (C=O) groups excluding carboxylic acids is 2. The largest absolute Gasteiger partial charge is 0.325 e. The van der Waals surface area contributed by atoms with Crippen molar-refractivity contribution in [3.63, 3.8) is 0 Å². The van der Waals surface area contributed by atoms with Crippen molar-refractivity contribution < 1.29 is 14.0 Å². The van der Waals surface area contributed by atoms with E-state index in [1.54, 1.807) is 0 Å². The predicted molar refractivity (Wildman–Crippen MR) is 63.0 cm³/mol. The molecule has 0 bridgehead atoms. The number of hydrogen-bond donors (Lipinski definition) is 1. The van der Waals surface area contributed by atoms with Crippen molar-refractivity contribution in [2.24, 2.45) is 0 Å². The Kier molecular flexibility index (Phi) is 4.19. The van der Waals surface area contributed by atoms with Gasteiger partial charge in [-0.15, -0.1) is 0 Å². The van der Waals surface area contributed by atoms with Gasteiger partial charge < -0.3 is 5.32 Å². The number of hydrogen-bond acceptors (Lipinski definition) is 2. The van der Waals surface area contributed by atoms with Gasteiger partial charge in [-0.05, 0) is 47.7 Å². The lowest BCUT2D eigenvalue weighted by molar-refractivity contribution is -0.124. The lowest BCUT2D eigenvalue weighted by Crippen LogP contribution is -2.15. The Balaban J connectivity index is 2.72. The highest BCUT2D eigenvalue weighted by Gasteiger charge is 2.08. The molecule has 0 saturated heterocycles. The number of amides is 1. The molecule has 1 amide bonds. The Morgan fingerprint density at radius 1 is 1.47 bits per heavy atom. The summed E-state index contributed by atoms with van der Waals surface area (Å²) in [6.45, 7) is 1.34. The molecule has 0 aliphatic carbocycles. The van der Waals surface area contributed by atoms with Crippen LogP contribution in [0.15, 0.2) is 18.2 Å².